The minimum Gasteiger partial charge on any atom is -0.378 e. The van der Waals surface area contributed by atoms with Crippen LogP contribution >= 0.6 is 0 Å². The van der Waals surface area contributed by atoms with Crippen molar-refractivity contribution in [1.29, 1.82) is 0 Å². The molecule has 2 N–H and O–H groups in total. The van der Waals surface area contributed by atoms with Gasteiger partial charge in [-0.1, -0.05) is 40.0 Å². The SMILES string of the molecule is CCC(C)N=C(/N=C(\N)N1CCOCC1)N(CCCCCCC(C(C)C)C1CC(C)(C)N(C)C(C)(C)C1)C1CC(C)(C)N(C)C(C)(C)C1. The van der Waals surface area contributed by atoms with Crippen molar-refractivity contribution in [2.45, 2.75) is 182 Å². The van der Waals surface area contributed by atoms with E-state index in [0.29, 0.717) is 25.2 Å². The van der Waals surface area contributed by atoms with Gasteiger partial charge in [0.1, 0.15) is 0 Å². The number of morpholine rings is 1. The molecule has 2 atom stereocenters. The van der Waals surface area contributed by atoms with Gasteiger partial charge >= 0.3 is 0 Å². The maximum Gasteiger partial charge on any atom is 0.224 e. The Balaban J connectivity index is 1.75. The van der Waals surface area contributed by atoms with Crippen molar-refractivity contribution < 1.29 is 4.74 Å². The summed E-state index contributed by atoms with van der Waals surface area (Å²) in [5.41, 5.74) is 7.37. The summed E-state index contributed by atoms with van der Waals surface area (Å²) >= 11 is 0. The van der Waals surface area contributed by atoms with Crippen molar-refractivity contribution in [2.24, 2.45) is 33.5 Å². The standard InChI is InChI=1S/C40H79N7O/c1-15-31(4)42-36(43-35(41)46-22-24-48-25-23-46)47(33-28-39(9,10)45(14)40(11,12)29-33)21-19-17-16-18-20-34(30(2)3)32-26-37(5,6)44(13)38(7,8)27-32/h30-34H,15-29H2,1-14H3,(H2,41,42,43). The van der Waals surface area contributed by atoms with Gasteiger partial charge < -0.3 is 20.3 Å². The zero-order valence-electron chi connectivity index (χ0n) is 34.2. The number of piperidine rings is 2. The first-order valence-corrected chi connectivity index (χ1v) is 19.7. The molecule has 48 heavy (non-hydrogen) atoms. The molecule has 3 aliphatic heterocycles. The second-order valence-corrected chi connectivity index (χ2v) is 18.7. The van der Waals surface area contributed by atoms with E-state index in [9.17, 15) is 0 Å². The van der Waals surface area contributed by atoms with E-state index in [2.05, 4.69) is 117 Å². The number of nitrogens with zero attached hydrogens (tertiary/aromatic N) is 6. The fraction of sp³-hybridized carbons (Fsp3) is 0.950. The number of likely N-dealkylation sites (tertiary alicyclic amines) is 2. The number of hydrogen-bond acceptors (Lipinski definition) is 4. The molecule has 0 bridgehead atoms. The molecule has 0 aromatic rings. The molecule has 0 spiro atoms. The van der Waals surface area contributed by atoms with E-state index in [1.165, 1.54) is 38.5 Å². The normalized spacial score (nSPS) is 25.8. The topological polar surface area (TPSA) is 72.9 Å². The maximum absolute atomic E-state index is 6.71. The third-order valence-corrected chi connectivity index (χ3v) is 12.9. The van der Waals surface area contributed by atoms with Gasteiger partial charge in [0.25, 0.3) is 0 Å². The molecule has 0 aromatic carbocycles. The largest absolute Gasteiger partial charge is 0.378 e. The molecule has 0 amide bonds. The summed E-state index contributed by atoms with van der Waals surface area (Å²) in [5.74, 6) is 3.74. The third kappa shape index (κ3) is 10.6. The second kappa shape index (κ2) is 16.8. The van der Waals surface area contributed by atoms with E-state index >= 15 is 0 Å². The van der Waals surface area contributed by atoms with E-state index in [4.69, 9.17) is 20.5 Å². The molecule has 0 saturated carbocycles. The number of hydrogen-bond donors (Lipinski definition) is 1. The Morgan fingerprint density at radius 1 is 0.792 bits per heavy atom. The molecule has 0 radical (unpaired) electrons. The lowest BCUT2D eigenvalue weighted by molar-refractivity contribution is -0.0510. The van der Waals surface area contributed by atoms with Crippen LogP contribution in [0.1, 0.15) is 147 Å². The number of nitrogens with two attached hydrogens (primary N) is 1. The Labute approximate surface area is 297 Å². The summed E-state index contributed by atoms with van der Waals surface area (Å²) < 4.78 is 5.61. The summed E-state index contributed by atoms with van der Waals surface area (Å²) in [7, 11) is 4.63. The lowest BCUT2D eigenvalue weighted by Gasteiger charge is -2.55. The molecular weight excluding hydrogens is 594 g/mol. The lowest BCUT2D eigenvalue weighted by atomic mass is 9.66. The van der Waals surface area contributed by atoms with Gasteiger partial charge in [-0.25, -0.2) is 4.99 Å². The Kier molecular flexibility index (Phi) is 14.3. The van der Waals surface area contributed by atoms with Crippen molar-refractivity contribution in [2.75, 3.05) is 46.9 Å². The number of aliphatic imine (C=N–C) groups is 2. The van der Waals surface area contributed by atoms with Crippen LogP contribution < -0.4 is 5.73 Å². The number of ether oxygens (including phenoxy) is 1. The summed E-state index contributed by atoms with van der Waals surface area (Å²) in [4.78, 5) is 20.3. The zero-order chi connectivity index (χ0) is 36.1. The van der Waals surface area contributed by atoms with E-state index in [-0.39, 0.29) is 28.2 Å². The fourth-order valence-corrected chi connectivity index (χ4v) is 9.29. The van der Waals surface area contributed by atoms with Gasteiger partial charge in [0.15, 0.2) is 5.96 Å². The average molecular weight is 674 g/mol. The highest BCUT2D eigenvalue weighted by atomic mass is 16.5. The Morgan fingerprint density at radius 3 is 1.79 bits per heavy atom. The molecule has 3 fully saturated rings. The quantitative estimate of drug-likeness (QED) is 0.129. The predicted octanol–water partition coefficient (Wildman–Crippen LogP) is 7.86. The first-order chi connectivity index (χ1) is 22.2. The van der Waals surface area contributed by atoms with E-state index in [1.54, 1.807) is 0 Å². The van der Waals surface area contributed by atoms with Crippen LogP contribution in [0.2, 0.25) is 0 Å². The molecule has 0 aromatic heterocycles. The van der Waals surface area contributed by atoms with Crippen molar-refractivity contribution in [1.82, 2.24) is 19.6 Å². The average Bonchev–Trinajstić information content (AvgIpc) is 2.99. The summed E-state index contributed by atoms with van der Waals surface area (Å²) in [6, 6.07) is 0.551. The minimum absolute atomic E-state index is 0.0779. The highest BCUT2D eigenvalue weighted by Gasteiger charge is 2.46. The van der Waals surface area contributed by atoms with Crippen molar-refractivity contribution in [3.05, 3.63) is 0 Å². The molecule has 3 saturated heterocycles. The molecule has 8 nitrogen and oxygen atoms in total. The van der Waals surface area contributed by atoms with Gasteiger partial charge in [-0.2, -0.15) is 4.99 Å². The zero-order valence-corrected chi connectivity index (χ0v) is 34.2. The van der Waals surface area contributed by atoms with Gasteiger partial charge in [0.2, 0.25) is 5.96 Å². The number of guanidine groups is 2. The van der Waals surface area contributed by atoms with Crippen LogP contribution in [0.3, 0.4) is 0 Å². The van der Waals surface area contributed by atoms with E-state index in [1.807, 2.05) is 0 Å². The van der Waals surface area contributed by atoms with Crippen LogP contribution in [0.4, 0.5) is 0 Å². The lowest BCUT2D eigenvalue weighted by Crippen LogP contribution is -2.63. The first-order valence-electron chi connectivity index (χ1n) is 19.7. The molecule has 2 unspecified atom stereocenters. The molecule has 3 rings (SSSR count). The highest BCUT2D eigenvalue weighted by Crippen LogP contribution is 2.46. The molecule has 8 heteroatoms. The van der Waals surface area contributed by atoms with E-state index in [0.717, 1.165) is 69.0 Å². The molecule has 0 aliphatic carbocycles. The number of rotatable bonds is 12. The first kappa shape index (κ1) is 41.0. The fourth-order valence-electron chi connectivity index (χ4n) is 9.29. The summed E-state index contributed by atoms with van der Waals surface area (Å²) in [6.07, 6.45) is 12.1. The smallest absolute Gasteiger partial charge is 0.224 e. The van der Waals surface area contributed by atoms with Crippen LogP contribution in [0.5, 0.6) is 0 Å². The van der Waals surface area contributed by atoms with Gasteiger partial charge in [0.05, 0.1) is 19.3 Å². The molecule has 280 valence electrons. The second-order valence-electron chi connectivity index (χ2n) is 18.7. The van der Waals surface area contributed by atoms with Crippen LogP contribution in [0, 0.1) is 17.8 Å². The predicted molar refractivity (Wildman–Crippen MR) is 207 cm³/mol. The monoisotopic (exact) mass is 674 g/mol. The molecule has 3 heterocycles. The van der Waals surface area contributed by atoms with Crippen LogP contribution in [0.15, 0.2) is 9.98 Å². The van der Waals surface area contributed by atoms with Gasteiger partial charge in [-0.3, -0.25) is 9.80 Å². The van der Waals surface area contributed by atoms with Crippen LogP contribution in [0.25, 0.3) is 0 Å². The van der Waals surface area contributed by atoms with Gasteiger partial charge in [-0.15, -0.1) is 0 Å². The Morgan fingerprint density at radius 2 is 1.29 bits per heavy atom. The van der Waals surface area contributed by atoms with Crippen LogP contribution in [-0.2, 0) is 4.74 Å². The molecule has 3 aliphatic rings. The van der Waals surface area contributed by atoms with Crippen molar-refractivity contribution in [3.8, 4) is 0 Å². The minimum atomic E-state index is 0.0779. The van der Waals surface area contributed by atoms with Crippen molar-refractivity contribution in [3.63, 3.8) is 0 Å². The van der Waals surface area contributed by atoms with Crippen molar-refractivity contribution >= 4 is 11.9 Å². The highest BCUT2D eigenvalue weighted by molar-refractivity contribution is 5.94. The number of unbranched alkanes of at least 4 members (excludes halogenated alkanes) is 3. The Bertz CT molecular complexity index is 1020. The van der Waals surface area contributed by atoms with Crippen LogP contribution in [-0.4, -0.2) is 113 Å². The summed E-state index contributed by atoms with van der Waals surface area (Å²) in [5, 5.41) is 0. The summed E-state index contributed by atoms with van der Waals surface area (Å²) in [6.45, 7) is 32.7. The maximum atomic E-state index is 6.71. The van der Waals surface area contributed by atoms with E-state index < -0.39 is 0 Å². The van der Waals surface area contributed by atoms with Gasteiger partial charge in [0, 0.05) is 47.8 Å². The third-order valence-electron chi connectivity index (χ3n) is 12.9. The van der Waals surface area contributed by atoms with Gasteiger partial charge in [-0.05, 0) is 139 Å². The Hall–Kier alpha value is -1.38. The molecular formula is C40H79N7O.